The summed E-state index contributed by atoms with van der Waals surface area (Å²) in [7, 11) is -2.98. The van der Waals surface area contributed by atoms with Gasteiger partial charge in [-0.2, -0.15) is 17.4 Å². The van der Waals surface area contributed by atoms with Crippen molar-refractivity contribution in [2.45, 2.75) is 56.2 Å². The fourth-order valence-corrected chi connectivity index (χ4v) is 5.00. The van der Waals surface area contributed by atoms with Gasteiger partial charge in [0.1, 0.15) is 17.9 Å². The average molecular weight is 483 g/mol. The molecule has 1 heterocycles. The Hall–Kier alpha value is -1.89. The number of carbonyl (C=O) groups excluding carboxylic acids is 2. The number of halogens is 4. The van der Waals surface area contributed by atoms with E-state index in [4.69, 9.17) is 11.6 Å². The van der Waals surface area contributed by atoms with Gasteiger partial charge in [0, 0.05) is 31.6 Å². The molecule has 2 amide bonds. The first-order valence-electron chi connectivity index (χ1n) is 9.57. The first-order valence-corrected chi connectivity index (χ1v) is 11.4. The largest absolute Gasteiger partial charge is 0.352 e. The van der Waals surface area contributed by atoms with Crippen LogP contribution in [-0.2, 0) is 19.8 Å². The molecule has 31 heavy (non-hydrogen) atoms. The van der Waals surface area contributed by atoms with E-state index in [2.05, 4.69) is 15.4 Å². The minimum Gasteiger partial charge on any atom is -0.352 e. The Labute approximate surface area is 182 Å². The van der Waals surface area contributed by atoms with E-state index < -0.39 is 51.9 Å². The van der Waals surface area contributed by atoms with E-state index in [1.165, 1.54) is 19.2 Å². The van der Waals surface area contributed by atoms with Crippen LogP contribution >= 0.6 is 11.6 Å². The maximum absolute atomic E-state index is 13.3. The van der Waals surface area contributed by atoms with E-state index in [1.54, 1.807) is 0 Å². The fourth-order valence-electron chi connectivity index (χ4n) is 3.57. The quantitative estimate of drug-likeness (QED) is 0.610. The molecule has 1 aromatic rings. The van der Waals surface area contributed by atoms with Crippen LogP contribution < -0.4 is 15.4 Å². The minimum atomic E-state index is -4.16. The molecular formula is C18H22ClF3N4O4S. The molecule has 1 saturated carbocycles. The molecule has 0 radical (unpaired) electrons. The lowest BCUT2D eigenvalue weighted by Crippen LogP contribution is -2.63. The standard InChI is InChI=1S/C18H22ClF3N4O4S/c1-26-15(17(28)24-11-2-3-13(20)12(19)8-11)9-14(25-31(26,29)30)16(27)23-10-4-6-18(21,22)7-5-10/h2-3,8,10,14-15,25H,4-7,9H2,1H3,(H,23,27)(H,24,28). The number of alkyl halides is 2. The Morgan fingerprint density at radius 2 is 1.87 bits per heavy atom. The smallest absolute Gasteiger partial charge is 0.280 e. The topological polar surface area (TPSA) is 108 Å². The molecule has 2 aliphatic rings. The van der Waals surface area contributed by atoms with Crippen molar-refractivity contribution in [3.05, 3.63) is 29.0 Å². The van der Waals surface area contributed by atoms with Crippen molar-refractivity contribution < 1.29 is 31.2 Å². The maximum atomic E-state index is 13.3. The minimum absolute atomic E-state index is 0.0767. The molecule has 1 aromatic carbocycles. The monoisotopic (exact) mass is 482 g/mol. The van der Waals surface area contributed by atoms with Crippen LogP contribution in [0.2, 0.25) is 5.02 Å². The van der Waals surface area contributed by atoms with Gasteiger partial charge in [0.15, 0.2) is 0 Å². The normalized spacial score (nSPS) is 26.2. The number of anilines is 1. The first kappa shape index (κ1) is 23.8. The predicted octanol–water partition coefficient (Wildman–Crippen LogP) is 2.02. The van der Waals surface area contributed by atoms with Gasteiger partial charge in [0.25, 0.3) is 10.2 Å². The average Bonchev–Trinajstić information content (AvgIpc) is 2.68. The molecule has 172 valence electrons. The number of carbonyl (C=O) groups is 2. The third-order valence-electron chi connectivity index (χ3n) is 5.44. The van der Waals surface area contributed by atoms with Crippen LogP contribution in [0.15, 0.2) is 18.2 Å². The lowest BCUT2D eigenvalue weighted by atomic mass is 9.92. The number of benzene rings is 1. The van der Waals surface area contributed by atoms with Gasteiger partial charge < -0.3 is 10.6 Å². The molecule has 2 unspecified atom stereocenters. The van der Waals surface area contributed by atoms with E-state index in [0.29, 0.717) is 0 Å². The van der Waals surface area contributed by atoms with Crippen LogP contribution in [0.3, 0.4) is 0 Å². The van der Waals surface area contributed by atoms with Crippen LogP contribution in [0.4, 0.5) is 18.9 Å². The van der Waals surface area contributed by atoms with Gasteiger partial charge >= 0.3 is 0 Å². The number of hydrogen-bond acceptors (Lipinski definition) is 4. The Kier molecular flexibility index (Phi) is 6.84. The second-order valence-electron chi connectivity index (χ2n) is 7.70. The van der Waals surface area contributed by atoms with Crippen LogP contribution in [0.25, 0.3) is 0 Å². The van der Waals surface area contributed by atoms with Crippen LogP contribution in [0.5, 0.6) is 0 Å². The molecule has 8 nitrogen and oxygen atoms in total. The van der Waals surface area contributed by atoms with Gasteiger partial charge in [-0.25, -0.2) is 13.2 Å². The van der Waals surface area contributed by atoms with Crippen molar-refractivity contribution in [1.82, 2.24) is 14.3 Å². The molecule has 0 aromatic heterocycles. The summed E-state index contributed by atoms with van der Waals surface area (Å²) in [6, 6.07) is 0.498. The molecule has 3 rings (SSSR count). The van der Waals surface area contributed by atoms with E-state index in [9.17, 15) is 31.2 Å². The molecule has 0 bridgehead atoms. The number of nitrogens with zero attached hydrogens (tertiary/aromatic N) is 1. The molecule has 1 aliphatic carbocycles. The highest BCUT2D eigenvalue weighted by Crippen LogP contribution is 2.33. The number of hydrogen-bond donors (Lipinski definition) is 3. The molecule has 2 atom stereocenters. The highest BCUT2D eigenvalue weighted by molar-refractivity contribution is 7.87. The summed E-state index contributed by atoms with van der Waals surface area (Å²) in [5, 5.41) is 4.83. The third kappa shape index (κ3) is 5.68. The van der Waals surface area contributed by atoms with E-state index >= 15 is 0 Å². The molecular weight excluding hydrogens is 461 g/mol. The molecule has 0 spiro atoms. The summed E-state index contributed by atoms with van der Waals surface area (Å²) in [6.45, 7) is 0. The van der Waals surface area contributed by atoms with Crippen molar-refractivity contribution in [1.29, 1.82) is 0 Å². The Morgan fingerprint density at radius 3 is 2.48 bits per heavy atom. The summed E-state index contributed by atoms with van der Waals surface area (Å²) in [6.07, 6.45) is -0.753. The zero-order chi connectivity index (χ0) is 23.0. The van der Waals surface area contributed by atoms with E-state index in [1.807, 2.05) is 0 Å². The lowest BCUT2D eigenvalue weighted by Gasteiger charge is -2.36. The van der Waals surface area contributed by atoms with Gasteiger partial charge in [-0.15, -0.1) is 0 Å². The first-order chi connectivity index (χ1) is 14.4. The van der Waals surface area contributed by atoms with Crippen LogP contribution in [0.1, 0.15) is 32.1 Å². The zero-order valence-corrected chi connectivity index (χ0v) is 18.1. The molecule has 1 saturated heterocycles. The van der Waals surface area contributed by atoms with E-state index in [-0.39, 0.29) is 42.8 Å². The molecule has 13 heteroatoms. The van der Waals surface area contributed by atoms with Gasteiger partial charge in [0.2, 0.25) is 17.7 Å². The van der Waals surface area contributed by atoms with Crippen molar-refractivity contribution in [3.8, 4) is 0 Å². The number of amides is 2. The Bertz CT molecular complexity index is 969. The van der Waals surface area contributed by atoms with Crippen LogP contribution in [-0.4, -0.2) is 55.6 Å². The SMILES string of the molecule is CN1C(C(=O)Nc2ccc(F)c(Cl)c2)CC(C(=O)NC2CCC(F)(F)CC2)NS1(=O)=O. The third-order valence-corrected chi connectivity index (χ3v) is 7.32. The van der Waals surface area contributed by atoms with Gasteiger partial charge in [-0.1, -0.05) is 11.6 Å². The highest BCUT2D eigenvalue weighted by Gasteiger charge is 2.43. The molecule has 3 N–H and O–H groups in total. The Morgan fingerprint density at radius 1 is 1.23 bits per heavy atom. The Balaban J connectivity index is 1.69. The summed E-state index contributed by atoms with van der Waals surface area (Å²) in [5.41, 5.74) is 0.157. The number of likely N-dealkylation sites (N-methyl/N-ethyl adjacent to an activating group) is 1. The highest BCUT2D eigenvalue weighted by atomic mass is 35.5. The predicted molar refractivity (Wildman–Crippen MR) is 107 cm³/mol. The van der Waals surface area contributed by atoms with Crippen molar-refractivity contribution >= 4 is 39.3 Å². The van der Waals surface area contributed by atoms with Gasteiger partial charge in [-0.05, 0) is 37.5 Å². The number of rotatable bonds is 4. The van der Waals surface area contributed by atoms with Crippen molar-refractivity contribution in [3.63, 3.8) is 0 Å². The maximum Gasteiger partial charge on any atom is 0.280 e. The summed E-state index contributed by atoms with van der Waals surface area (Å²) in [5.74, 6) is -4.86. The summed E-state index contributed by atoms with van der Waals surface area (Å²) < 4.78 is 67.7. The molecule has 2 fully saturated rings. The second kappa shape index (κ2) is 8.93. The van der Waals surface area contributed by atoms with E-state index in [0.717, 1.165) is 10.4 Å². The van der Waals surface area contributed by atoms with Crippen molar-refractivity contribution in [2.75, 3.05) is 12.4 Å². The second-order valence-corrected chi connectivity index (χ2v) is 9.87. The zero-order valence-electron chi connectivity index (χ0n) is 16.5. The van der Waals surface area contributed by atoms with Gasteiger partial charge in [-0.3, -0.25) is 9.59 Å². The number of nitrogens with one attached hydrogen (secondary N) is 3. The lowest BCUT2D eigenvalue weighted by molar-refractivity contribution is -0.126. The van der Waals surface area contributed by atoms with Crippen LogP contribution in [0, 0.1) is 5.82 Å². The fraction of sp³-hybridized carbons (Fsp3) is 0.556. The van der Waals surface area contributed by atoms with Crippen molar-refractivity contribution in [2.24, 2.45) is 0 Å². The summed E-state index contributed by atoms with van der Waals surface area (Å²) in [4.78, 5) is 25.3. The molecule has 1 aliphatic heterocycles. The summed E-state index contributed by atoms with van der Waals surface area (Å²) >= 11 is 5.69. The van der Waals surface area contributed by atoms with Gasteiger partial charge in [0.05, 0.1) is 5.02 Å².